The second-order valence-corrected chi connectivity index (χ2v) is 6.24. The number of unbranched alkanes of at least 4 members (excludes halogenated alkanes) is 3. The molecule has 0 heterocycles. The Morgan fingerprint density at radius 2 is 1.47 bits per heavy atom. The first-order valence-corrected chi connectivity index (χ1v) is 8.92. The molecule has 1 heteroatoms. The van der Waals surface area contributed by atoms with E-state index >= 15 is 0 Å². The van der Waals surface area contributed by atoms with E-state index in [1.54, 1.807) is 0 Å². The molecule has 1 unspecified atom stereocenters. The van der Waals surface area contributed by atoms with Crippen LogP contribution in [0.2, 0.25) is 0 Å². The normalized spacial score (nSPS) is 13.7. The van der Waals surface area contributed by atoms with Gasteiger partial charge < -0.3 is 5.32 Å². The zero-order valence-electron chi connectivity index (χ0n) is 14.4. The molecule has 0 bridgehead atoms. The Bertz CT molecular complexity index is 184. The fraction of sp³-hybridized carbons (Fsp3) is 1.00. The van der Waals surface area contributed by atoms with Gasteiger partial charge in [-0.05, 0) is 38.1 Å². The standard InChI is InChI=1S/C18H39N/c1-6-11-13-15-18(9-4,10-5)19-16-17(8-3)14-12-7-2/h17,19H,6-16H2,1-5H3. The van der Waals surface area contributed by atoms with E-state index in [2.05, 4.69) is 39.9 Å². The van der Waals surface area contributed by atoms with Gasteiger partial charge in [0.25, 0.3) is 0 Å². The number of rotatable bonds is 13. The molecular weight excluding hydrogens is 230 g/mol. The summed E-state index contributed by atoms with van der Waals surface area (Å²) in [5.74, 6) is 0.878. The van der Waals surface area contributed by atoms with Gasteiger partial charge in [-0.3, -0.25) is 0 Å². The Hall–Kier alpha value is -0.0400. The first kappa shape index (κ1) is 19.0. The first-order chi connectivity index (χ1) is 9.17. The van der Waals surface area contributed by atoms with E-state index in [4.69, 9.17) is 0 Å². The van der Waals surface area contributed by atoms with Crippen LogP contribution < -0.4 is 5.32 Å². The average molecular weight is 270 g/mol. The molecule has 0 rings (SSSR count). The number of hydrogen-bond donors (Lipinski definition) is 1. The molecule has 1 N–H and O–H groups in total. The van der Waals surface area contributed by atoms with Gasteiger partial charge in [0.1, 0.15) is 0 Å². The number of nitrogens with one attached hydrogen (secondary N) is 1. The van der Waals surface area contributed by atoms with E-state index in [1.807, 2.05) is 0 Å². The summed E-state index contributed by atoms with van der Waals surface area (Å²) < 4.78 is 0. The van der Waals surface area contributed by atoms with Crippen molar-refractivity contribution in [1.82, 2.24) is 5.32 Å². The van der Waals surface area contributed by atoms with Gasteiger partial charge in [-0.2, -0.15) is 0 Å². The number of hydrogen-bond acceptors (Lipinski definition) is 1. The van der Waals surface area contributed by atoms with Crippen LogP contribution >= 0.6 is 0 Å². The van der Waals surface area contributed by atoms with Crippen LogP contribution in [0.4, 0.5) is 0 Å². The van der Waals surface area contributed by atoms with Crippen LogP contribution in [-0.4, -0.2) is 12.1 Å². The quantitative estimate of drug-likeness (QED) is 0.408. The summed E-state index contributed by atoms with van der Waals surface area (Å²) >= 11 is 0. The Labute approximate surface area is 122 Å². The van der Waals surface area contributed by atoms with Crippen LogP contribution in [0.1, 0.15) is 98.8 Å². The predicted octanol–water partition coefficient (Wildman–Crippen LogP) is 5.93. The highest BCUT2D eigenvalue weighted by atomic mass is 15.0. The monoisotopic (exact) mass is 269 g/mol. The van der Waals surface area contributed by atoms with Gasteiger partial charge in [0.2, 0.25) is 0 Å². The zero-order valence-corrected chi connectivity index (χ0v) is 14.4. The van der Waals surface area contributed by atoms with Gasteiger partial charge in [0.15, 0.2) is 0 Å². The molecule has 0 aliphatic heterocycles. The lowest BCUT2D eigenvalue weighted by atomic mass is 9.85. The van der Waals surface area contributed by atoms with E-state index < -0.39 is 0 Å². The topological polar surface area (TPSA) is 12.0 Å². The molecule has 0 radical (unpaired) electrons. The van der Waals surface area contributed by atoms with Crippen molar-refractivity contribution < 1.29 is 0 Å². The molecule has 0 aromatic heterocycles. The lowest BCUT2D eigenvalue weighted by Gasteiger charge is -2.35. The first-order valence-electron chi connectivity index (χ1n) is 8.92. The molecule has 1 atom stereocenters. The molecule has 0 amide bonds. The third-order valence-electron chi connectivity index (χ3n) is 4.92. The molecule has 0 aliphatic carbocycles. The lowest BCUT2D eigenvalue weighted by molar-refractivity contribution is 0.247. The van der Waals surface area contributed by atoms with Crippen molar-refractivity contribution in [1.29, 1.82) is 0 Å². The van der Waals surface area contributed by atoms with E-state index in [1.165, 1.54) is 70.8 Å². The summed E-state index contributed by atoms with van der Waals surface area (Å²) in [6, 6.07) is 0. The van der Waals surface area contributed by atoms with Crippen molar-refractivity contribution >= 4 is 0 Å². The Kier molecular flexibility index (Phi) is 11.7. The Morgan fingerprint density at radius 3 is 1.95 bits per heavy atom. The van der Waals surface area contributed by atoms with Crippen molar-refractivity contribution in [3.8, 4) is 0 Å². The maximum atomic E-state index is 3.95. The van der Waals surface area contributed by atoms with Gasteiger partial charge in [0, 0.05) is 5.54 Å². The minimum atomic E-state index is 0.412. The average Bonchev–Trinajstić information content (AvgIpc) is 2.46. The Balaban J connectivity index is 4.22. The molecular formula is C18H39N. The second kappa shape index (κ2) is 11.8. The van der Waals surface area contributed by atoms with Crippen LogP contribution in [0.15, 0.2) is 0 Å². The highest BCUT2D eigenvalue weighted by Crippen LogP contribution is 2.24. The fourth-order valence-corrected chi connectivity index (χ4v) is 2.96. The third kappa shape index (κ3) is 7.97. The van der Waals surface area contributed by atoms with Crippen molar-refractivity contribution in [2.75, 3.05) is 6.54 Å². The highest BCUT2D eigenvalue weighted by molar-refractivity contribution is 4.86. The van der Waals surface area contributed by atoms with Crippen molar-refractivity contribution in [2.24, 2.45) is 5.92 Å². The minimum absolute atomic E-state index is 0.412. The molecule has 0 aliphatic rings. The van der Waals surface area contributed by atoms with Gasteiger partial charge >= 0.3 is 0 Å². The maximum Gasteiger partial charge on any atom is 0.0176 e. The van der Waals surface area contributed by atoms with Gasteiger partial charge in [-0.25, -0.2) is 0 Å². The molecule has 19 heavy (non-hydrogen) atoms. The van der Waals surface area contributed by atoms with Crippen LogP contribution in [0.25, 0.3) is 0 Å². The van der Waals surface area contributed by atoms with E-state index in [0.29, 0.717) is 5.54 Å². The molecule has 0 saturated heterocycles. The van der Waals surface area contributed by atoms with Gasteiger partial charge in [-0.15, -0.1) is 0 Å². The predicted molar refractivity (Wildman–Crippen MR) is 88.8 cm³/mol. The SMILES string of the molecule is CCCCCC(CC)(CC)NCC(CC)CCCC. The van der Waals surface area contributed by atoms with Crippen molar-refractivity contribution in [2.45, 2.75) is 104 Å². The van der Waals surface area contributed by atoms with E-state index in [9.17, 15) is 0 Å². The maximum absolute atomic E-state index is 3.95. The van der Waals surface area contributed by atoms with Crippen LogP contribution in [0.3, 0.4) is 0 Å². The highest BCUT2D eigenvalue weighted by Gasteiger charge is 2.25. The summed E-state index contributed by atoms with van der Waals surface area (Å²) in [4.78, 5) is 0. The van der Waals surface area contributed by atoms with Crippen molar-refractivity contribution in [3.05, 3.63) is 0 Å². The summed E-state index contributed by atoms with van der Waals surface area (Å²) in [6.45, 7) is 12.9. The molecule has 116 valence electrons. The zero-order chi connectivity index (χ0) is 14.6. The van der Waals surface area contributed by atoms with Crippen LogP contribution in [0, 0.1) is 5.92 Å². The minimum Gasteiger partial charge on any atom is -0.311 e. The van der Waals surface area contributed by atoms with Crippen LogP contribution in [0.5, 0.6) is 0 Å². The molecule has 0 aromatic rings. The Morgan fingerprint density at radius 1 is 0.842 bits per heavy atom. The largest absolute Gasteiger partial charge is 0.311 e. The fourth-order valence-electron chi connectivity index (χ4n) is 2.96. The smallest absolute Gasteiger partial charge is 0.0176 e. The second-order valence-electron chi connectivity index (χ2n) is 6.24. The van der Waals surface area contributed by atoms with E-state index in [0.717, 1.165) is 5.92 Å². The summed E-state index contributed by atoms with van der Waals surface area (Å²) in [5.41, 5.74) is 0.412. The lowest BCUT2D eigenvalue weighted by Crippen LogP contribution is -2.46. The molecule has 0 fully saturated rings. The summed E-state index contributed by atoms with van der Waals surface area (Å²) in [7, 11) is 0. The molecule has 0 aromatic carbocycles. The van der Waals surface area contributed by atoms with Gasteiger partial charge in [0.05, 0.1) is 0 Å². The molecule has 0 saturated carbocycles. The van der Waals surface area contributed by atoms with Gasteiger partial charge in [-0.1, -0.05) is 73.1 Å². The van der Waals surface area contributed by atoms with E-state index in [-0.39, 0.29) is 0 Å². The van der Waals surface area contributed by atoms with Crippen molar-refractivity contribution in [3.63, 3.8) is 0 Å². The molecule has 0 spiro atoms. The summed E-state index contributed by atoms with van der Waals surface area (Å²) in [5, 5.41) is 3.95. The third-order valence-corrected chi connectivity index (χ3v) is 4.92. The summed E-state index contributed by atoms with van der Waals surface area (Å²) in [6.07, 6.45) is 13.5. The van der Waals surface area contributed by atoms with Crippen LogP contribution in [-0.2, 0) is 0 Å². The molecule has 1 nitrogen and oxygen atoms in total.